The van der Waals surface area contributed by atoms with Crippen molar-refractivity contribution in [1.82, 2.24) is 9.62 Å². The molecule has 0 unspecified atom stereocenters. The molecule has 1 aliphatic rings. The van der Waals surface area contributed by atoms with Gasteiger partial charge < -0.3 is 10.1 Å². The summed E-state index contributed by atoms with van der Waals surface area (Å²) in [6.45, 7) is 5.33. The molecule has 1 aliphatic heterocycles. The Kier molecular flexibility index (Phi) is 6.81. The van der Waals surface area contributed by atoms with Crippen molar-refractivity contribution in [1.29, 1.82) is 0 Å². The number of Topliss-reactive ketones (excluding diaryl/α,β-unsaturated/α-hetero) is 1. The topological polar surface area (TPSA) is 92.8 Å². The van der Waals surface area contributed by atoms with Crippen LogP contribution in [0.15, 0.2) is 53.4 Å². The number of nitrogens with zero attached hydrogens (tertiary/aromatic N) is 1. The summed E-state index contributed by atoms with van der Waals surface area (Å²) in [7, 11) is -2.36. The molecule has 1 saturated heterocycles. The summed E-state index contributed by atoms with van der Waals surface area (Å²) in [6.07, 6.45) is 0. The van der Waals surface area contributed by atoms with E-state index in [0.717, 1.165) is 0 Å². The lowest BCUT2D eigenvalue weighted by Crippen LogP contribution is -2.40. The first kappa shape index (κ1) is 23.0. The fourth-order valence-corrected chi connectivity index (χ4v) is 5.44. The lowest BCUT2D eigenvalue weighted by Gasteiger charge is -2.18. The highest BCUT2D eigenvalue weighted by Crippen LogP contribution is 2.32. The molecule has 0 saturated carbocycles. The fraction of sp³-hybridized carbons (Fsp3) is 0.391. The Morgan fingerprint density at radius 3 is 2.29 bits per heavy atom. The Labute approximate surface area is 183 Å². The number of rotatable bonds is 7. The predicted octanol–water partition coefficient (Wildman–Crippen LogP) is 2.65. The van der Waals surface area contributed by atoms with Gasteiger partial charge in [0, 0.05) is 30.6 Å². The number of aryl methyl sites for hydroxylation is 1. The number of ketones is 1. The molecule has 166 valence electrons. The second-order valence-electron chi connectivity index (χ2n) is 8.06. The highest BCUT2D eigenvalue weighted by molar-refractivity contribution is 7.89. The van der Waals surface area contributed by atoms with Gasteiger partial charge in [0.25, 0.3) is 0 Å². The first-order valence-corrected chi connectivity index (χ1v) is 11.6. The number of nitrogens with one attached hydrogen (secondary N) is 1. The highest BCUT2D eigenvalue weighted by atomic mass is 32.2. The lowest BCUT2D eigenvalue weighted by atomic mass is 9.87. The van der Waals surface area contributed by atoms with Gasteiger partial charge in [0.2, 0.25) is 15.9 Å². The summed E-state index contributed by atoms with van der Waals surface area (Å²) >= 11 is 0. The van der Waals surface area contributed by atoms with E-state index in [-0.39, 0.29) is 35.7 Å². The Hall–Kier alpha value is -2.71. The zero-order valence-corrected chi connectivity index (χ0v) is 19.0. The molecular weight excluding hydrogens is 416 g/mol. The van der Waals surface area contributed by atoms with E-state index in [9.17, 15) is 18.0 Å². The largest absolute Gasteiger partial charge is 0.496 e. The molecule has 1 fully saturated rings. The number of hydrogen-bond acceptors (Lipinski definition) is 5. The van der Waals surface area contributed by atoms with Crippen molar-refractivity contribution in [2.24, 2.45) is 11.8 Å². The third-order valence-electron chi connectivity index (χ3n) is 5.45. The lowest BCUT2D eigenvalue weighted by molar-refractivity contribution is -0.125. The minimum atomic E-state index is -3.88. The van der Waals surface area contributed by atoms with Crippen LogP contribution in [0.1, 0.15) is 29.8 Å². The quantitative estimate of drug-likeness (QED) is 0.663. The van der Waals surface area contributed by atoms with E-state index in [1.165, 1.54) is 17.5 Å². The second-order valence-corrected chi connectivity index (χ2v) is 10.00. The van der Waals surface area contributed by atoms with Crippen LogP contribution in [0.2, 0.25) is 0 Å². The molecule has 1 N–H and O–H groups in total. The third-order valence-corrected chi connectivity index (χ3v) is 7.28. The zero-order valence-electron chi connectivity index (χ0n) is 18.2. The SMILES string of the molecule is COc1ccc(S(=O)(=O)N2C[C@@H](C(=O)NC(C)C)[C@H](C(=O)c3ccccc3)C2)cc1C. The molecule has 7 nitrogen and oxygen atoms in total. The average Bonchev–Trinajstić information content (AvgIpc) is 3.20. The van der Waals surface area contributed by atoms with Crippen LogP contribution in [0.25, 0.3) is 0 Å². The zero-order chi connectivity index (χ0) is 22.8. The normalized spacial score (nSPS) is 19.4. The monoisotopic (exact) mass is 444 g/mol. The number of hydrogen-bond donors (Lipinski definition) is 1. The van der Waals surface area contributed by atoms with Gasteiger partial charge >= 0.3 is 0 Å². The average molecular weight is 445 g/mol. The van der Waals surface area contributed by atoms with Crippen LogP contribution in [0.5, 0.6) is 5.75 Å². The van der Waals surface area contributed by atoms with Gasteiger partial charge in [0.15, 0.2) is 5.78 Å². The summed E-state index contributed by atoms with van der Waals surface area (Å²) in [5, 5.41) is 2.83. The molecule has 1 amide bonds. The maximum absolute atomic E-state index is 13.3. The molecule has 31 heavy (non-hydrogen) atoms. The summed E-state index contributed by atoms with van der Waals surface area (Å²) in [6, 6.07) is 13.2. The summed E-state index contributed by atoms with van der Waals surface area (Å²) in [4.78, 5) is 26.1. The second kappa shape index (κ2) is 9.20. The number of ether oxygens (including phenoxy) is 1. The first-order valence-electron chi connectivity index (χ1n) is 10.2. The van der Waals surface area contributed by atoms with Crippen molar-refractivity contribution in [3.8, 4) is 5.75 Å². The molecular formula is C23H28N2O5S. The molecule has 8 heteroatoms. The van der Waals surface area contributed by atoms with Crippen LogP contribution in [-0.4, -0.2) is 50.7 Å². The van der Waals surface area contributed by atoms with Gasteiger partial charge in [-0.1, -0.05) is 30.3 Å². The van der Waals surface area contributed by atoms with E-state index in [0.29, 0.717) is 16.9 Å². The number of sulfonamides is 1. The van der Waals surface area contributed by atoms with Gasteiger partial charge in [-0.3, -0.25) is 9.59 Å². The van der Waals surface area contributed by atoms with Crippen molar-refractivity contribution in [3.05, 3.63) is 59.7 Å². The van der Waals surface area contributed by atoms with Crippen molar-refractivity contribution < 1.29 is 22.7 Å². The molecule has 0 spiro atoms. The molecule has 3 rings (SSSR count). The molecule has 2 atom stereocenters. The molecule has 0 aliphatic carbocycles. The van der Waals surface area contributed by atoms with E-state index in [1.54, 1.807) is 49.4 Å². The standard InChI is InChI=1S/C23H28N2O5S/c1-15(2)24-23(27)20-14-25(13-19(20)22(26)17-8-6-5-7-9-17)31(28,29)18-10-11-21(30-4)16(3)12-18/h5-12,15,19-20H,13-14H2,1-4H3,(H,24,27)/t19-,20-/m1/s1. The number of carbonyl (C=O) groups is 2. The van der Waals surface area contributed by atoms with Gasteiger partial charge in [0.05, 0.1) is 17.9 Å². The third kappa shape index (κ3) is 4.80. The van der Waals surface area contributed by atoms with E-state index >= 15 is 0 Å². The molecule has 2 aromatic carbocycles. The number of amides is 1. The van der Waals surface area contributed by atoms with Gasteiger partial charge in [-0.25, -0.2) is 8.42 Å². The summed E-state index contributed by atoms with van der Waals surface area (Å²) < 4.78 is 33.1. The maximum Gasteiger partial charge on any atom is 0.243 e. The van der Waals surface area contributed by atoms with Crippen molar-refractivity contribution in [2.75, 3.05) is 20.2 Å². The number of methoxy groups -OCH3 is 1. The Morgan fingerprint density at radius 1 is 1.06 bits per heavy atom. The maximum atomic E-state index is 13.3. The Morgan fingerprint density at radius 2 is 1.71 bits per heavy atom. The van der Waals surface area contributed by atoms with Gasteiger partial charge in [0.1, 0.15) is 5.75 Å². The summed E-state index contributed by atoms with van der Waals surface area (Å²) in [5.41, 5.74) is 1.16. The van der Waals surface area contributed by atoms with Crippen LogP contribution < -0.4 is 10.1 Å². The van der Waals surface area contributed by atoms with Crippen molar-refractivity contribution in [3.63, 3.8) is 0 Å². The van der Waals surface area contributed by atoms with E-state index < -0.39 is 21.9 Å². The van der Waals surface area contributed by atoms with Gasteiger partial charge in [-0.05, 0) is 44.5 Å². The van der Waals surface area contributed by atoms with Crippen LogP contribution in [0, 0.1) is 18.8 Å². The molecule has 0 bridgehead atoms. The van der Waals surface area contributed by atoms with Crippen LogP contribution in [0.3, 0.4) is 0 Å². The summed E-state index contributed by atoms with van der Waals surface area (Å²) in [5.74, 6) is -1.47. The number of carbonyl (C=O) groups excluding carboxylic acids is 2. The van der Waals surface area contributed by atoms with Crippen LogP contribution in [0.4, 0.5) is 0 Å². The first-order chi connectivity index (χ1) is 14.6. The molecule has 1 heterocycles. The van der Waals surface area contributed by atoms with Crippen LogP contribution >= 0.6 is 0 Å². The van der Waals surface area contributed by atoms with Crippen LogP contribution in [-0.2, 0) is 14.8 Å². The molecule has 2 aromatic rings. The highest BCUT2D eigenvalue weighted by Gasteiger charge is 2.46. The Balaban J connectivity index is 1.94. The number of benzene rings is 2. The fourth-order valence-electron chi connectivity index (χ4n) is 3.86. The van der Waals surface area contributed by atoms with E-state index in [2.05, 4.69) is 5.32 Å². The smallest absolute Gasteiger partial charge is 0.243 e. The minimum Gasteiger partial charge on any atom is -0.496 e. The molecule has 0 aromatic heterocycles. The van der Waals surface area contributed by atoms with E-state index in [1.807, 2.05) is 13.8 Å². The minimum absolute atomic E-state index is 0.0443. The van der Waals surface area contributed by atoms with Crippen molar-refractivity contribution in [2.45, 2.75) is 31.7 Å². The van der Waals surface area contributed by atoms with Crippen molar-refractivity contribution >= 4 is 21.7 Å². The van der Waals surface area contributed by atoms with Gasteiger partial charge in [-0.2, -0.15) is 4.31 Å². The predicted molar refractivity (Wildman–Crippen MR) is 118 cm³/mol. The molecule has 0 radical (unpaired) electrons. The van der Waals surface area contributed by atoms with Gasteiger partial charge in [-0.15, -0.1) is 0 Å². The van der Waals surface area contributed by atoms with E-state index in [4.69, 9.17) is 4.74 Å². The Bertz CT molecular complexity index is 1070.